The molecule has 1 heterocycles. The van der Waals surface area contributed by atoms with E-state index in [9.17, 15) is 0 Å². The fraction of sp³-hybridized carbons (Fsp3) is 0.214. The molecule has 0 unspecified atom stereocenters. The van der Waals surface area contributed by atoms with E-state index in [4.69, 9.17) is 21.1 Å². The monoisotopic (exact) mass is 278 g/mol. The van der Waals surface area contributed by atoms with Crippen molar-refractivity contribution in [3.63, 3.8) is 0 Å². The van der Waals surface area contributed by atoms with Crippen LogP contribution in [-0.4, -0.2) is 19.2 Å². The molecule has 0 fully saturated rings. The number of rotatable bonds is 5. The number of ether oxygens (including phenoxy) is 2. The molecule has 0 saturated carbocycles. The van der Waals surface area contributed by atoms with Crippen molar-refractivity contribution in [1.29, 1.82) is 0 Å². The summed E-state index contributed by atoms with van der Waals surface area (Å²) in [7, 11) is 3.22. The quantitative estimate of drug-likeness (QED) is 0.911. The van der Waals surface area contributed by atoms with Crippen LogP contribution in [0.3, 0.4) is 0 Å². The predicted molar refractivity (Wildman–Crippen MR) is 76.1 cm³/mol. The molecule has 0 bridgehead atoms. The van der Waals surface area contributed by atoms with Crippen molar-refractivity contribution in [2.45, 2.75) is 6.54 Å². The van der Waals surface area contributed by atoms with Crippen LogP contribution in [0.4, 0.5) is 5.69 Å². The van der Waals surface area contributed by atoms with Crippen molar-refractivity contribution >= 4 is 17.3 Å². The van der Waals surface area contributed by atoms with E-state index in [-0.39, 0.29) is 0 Å². The summed E-state index contributed by atoms with van der Waals surface area (Å²) < 4.78 is 10.2. The predicted octanol–water partition coefficient (Wildman–Crippen LogP) is 3.36. The molecule has 2 aromatic rings. The molecular weight excluding hydrogens is 264 g/mol. The molecule has 5 heteroatoms. The molecule has 1 aromatic carbocycles. The molecule has 1 N–H and O–H groups in total. The summed E-state index contributed by atoms with van der Waals surface area (Å²) >= 11 is 6.11. The lowest BCUT2D eigenvalue weighted by atomic mass is 10.2. The first-order valence-electron chi connectivity index (χ1n) is 5.79. The van der Waals surface area contributed by atoms with Gasteiger partial charge in [0, 0.05) is 24.9 Å². The Morgan fingerprint density at radius 1 is 1.16 bits per heavy atom. The van der Waals surface area contributed by atoms with Crippen LogP contribution in [0.15, 0.2) is 36.5 Å². The summed E-state index contributed by atoms with van der Waals surface area (Å²) in [6.07, 6.45) is 1.76. The van der Waals surface area contributed by atoms with E-state index in [0.717, 1.165) is 17.0 Å². The van der Waals surface area contributed by atoms with Crippen molar-refractivity contribution in [2.24, 2.45) is 0 Å². The second kappa shape index (κ2) is 6.29. The molecule has 1 aromatic heterocycles. The van der Waals surface area contributed by atoms with Gasteiger partial charge in [0.2, 0.25) is 5.88 Å². The van der Waals surface area contributed by atoms with Gasteiger partial charge in [-0.1, -0.05) is 17.7 Å². The summed E-state index contributed by atoms with van der Waals surface area (Å²) in [5.41, 5.74) is 1.87. The number of hydrogen-bond acceptors (Lipinski definition) is 4. The molecule has 0 saturated heterocycles. The molecule has 0 radical (unpaired) electrons. The second-order valence-electron chi connectivity index (χ2n) is 3.91. The van der Waals surface area contributed by atoms with E-state index in [1.165, 1.54) is 0 Å². The average Bonchev–Trinajstić information content (AvgIpc) is 2.47. The van der Waals surface area contributed by atoms with Gasteiger partial charge in [-0.15, -0.1) is 0 Å². The molecular formula is C14H15ClN2O2. The number of anilines is 1. The van der Waals surface area contributed by atoms with Gasteiger partial charge in [0.25, 0.3) is 0 Å². The van der Waals surface area contributed by atoms with Crippen molar-refractivity contribution in [3.05, 3.63) is 47.1 Å². The molecule has 0 aliphatic heterocycles. The van der Waals surface area contributed by atoms with Gasteiger partial charge in [-0.05, 0) is 17.7 Å². The summed E-state index contributed by atoms with van der Waals surface area (Å²) in [5, 5.41) is 3.90. The van der Waals surface area contributed by atoms with Gasteiger partial charge in [-0.25, -0.2) is 4.98 Å². The van der Waals surface area contributed by atoms with Crippen LogP contribution in [0.25, 0.3) is 0 Å². The van der Waals surface area contributed by atoms with E-state index in [2.05, 4.69) is 10.3 Å². The van der Waals surface area contributed by atoms with E-state index >= 15 is 0 Å². The molecule has 19 heavy (non-hydrogen) atoms. The largest absolute Gasteiger partial charge is 0.497 e. The lowest BCUT2D eigenvalue weighted by Crippen LogP contribution is -2.01. The highest BCUT2D eigenvalue weighted by molar-refractivity contribution is 6.33. The van der Waals surface area contributed by atoms with Crippen LogP contribution in [0.2, 0.25) is 5.02 Å². The fourth-order valence-electron chi connectivity index (χ4n) is 1.60. The van der Waals surface area contributed by atoms with Crippen LogP contribution < -0.4 is 14.8 Å². The van der Waals surface area contributed by atoms with E-state index in [1.54, 1.807) is 26.5 Å². The topological polar surface area (TPSA) is 43.4 Å². The maximum atomic E-state index is 6.11. The van der Waals surface area contributed by atoms with Crippen molar-refractivity contribution < 1.29 is 9.47 Å². The summed E-state index contributed by atoms with van der Waals surface area (Å²) in [6, 6.07) is 9.26. The van der Waals surface area contributed by atoms with E-state index < -0.39 is 0 Å². The SMILES string of the molecule is COc1ccc(Cl)c(NCc2ccc(OC)nc2)c1. The Bertz CT molecular complexity index is 544. The highest BCUT2D eigenvalue weighted by Crippen LogP contribution is 2.27. The summed E-state index contributed by atoms with van der Waals surface area (Å²) in [6.45, 7) is 0.629. The first-order valence-corrected chi connectivity index (χ1v) is 6.17. The Hall–Kier alpha value is -1.94. The number of nitrogens with zero attached hydrogens (tertiary/aromatic N) is 1. The average molecular weight is 279 g/mol. The Labute approximate surface area is 117 Å². The Morgan fingerprint density at radius 2 is 2.00 bits per heavy atom. The van der Waals surface area contributed by atoms with Crippen molar-refractivity contribution in [1.82, 2.24) is 4.98 Å². The van der Waals surface area contributed by atoms with Gasteiger partial charge in [-0.3, -0.25) is 0 Å². The number of nitrogens with one attached hydrogen (secondary N) is 1. The molecule has 0 aliphatic carbocycles. The minimum absolute atomic E-state index is 0.600. The fourth-order valence-corrected chi connectivity index (χ4v) is 1.78. The van der Waals surface area contributed by atoms with Gasteiger partial charge in [0.1, 0.15) is 5.75 Å². The third-order valence-corrected chi connectivity index (χ3v) is 2.99. The second-order valence-corrected chi connectivity index (χ2v) is 4.32. The Morgan fingerprint density at radius 3 is 2.63 bits per heavy atom. The van der Waals surface area contributed by atoms with Crippen molar-refractivity contribution in [3.8, 4) is 11.6 Å². The van der Waals surface area contributed by atoms with Crippen molar-refractivity contribution in [2.75, 3.05) is 19.5 Å². The standard InChI is InChI=1S/C14H15ClN2O2/c1-18-11-4-5-12(15)13(7-11)16-8-10-3-6-14(19-2)17-9-10/h3-7,9,16H,8H2,1-2H3. The van der Waals surface area contributed by atoms with E-state index in [0.29, 0.717) is 17.4 Å². The van der Waals surface area contributed by atoms with Crippen LogP contribution >= 0.6 is 11.6 Å². The number of benzene rings is 1. The first kappa shape index (κ1) is 13.5. The number of pyridine rings is 1. The Balaban J connectivity index is 2.05. The van der Waals surface area contributed by atoms with Gasteiger partial charge in [-0.2, -0.15) is 0 Å². The van der Waals surface area contributed by atoms with Crippen LogP contribution in [0, 0.1) is 0 Å². The molecule has 100 valence electrons. The molecule has 0 atom stereocenters. The van der Waals surface area contributed by atoms with Crippen LogP contribution in [0.1, 0.15) is 5.56 Å². The minimum Gasteiger partial charge on any atom is -0.497 e. The van der Waals surface area contributed by atoms with Crippen LogP contribution in [0.5, 0.6) is 11.6 Å². The summed E-state index contributed by atoms with van der Waals surface area (Å²) in [5.74, 6) is 1.36. The maximum absolute atomic E-state index is 6.11. The highest BCUT2D eigenvalue weighted by Gasteiger charge is 2.03. The molecule has 2 rings (SSSR count). The molecule has 0 spiro atoms. The zero-order valence-electron chi connectivity index (χ0n) is 10.8. The normalized spacial score (nSPS) is 10.1. The Kier molecular flexibility index (Phi) is 4.47. The van der Waals surface area contributed by atoms with Gasteiger partial charge >= 0.3 is 0 Å². The van der Waals surface area contributed by atoms with Gasteiger partial charge < -0.3 is 14.8 Å². The summed E-state index contributed by atoms with van der Waals surface area (Å²) in [4.78, 5) is 4.15. The first-order chi connectivity index (χ1) is 9.22. The number of halogens is 1. The number of methoxy groups -OCH3 is 2. The van der Waals surface area contributed by atoms with Gasteiger partial charge in [0.05, 0.1) is 24.9 Å². The highest BCUT2D eigenvalue weighted by atomic mass is 35.5. The molecule has 0 amide bonds. The number of aromatic nitrogens is 1. The third-order valence-electron chi connectivity index (χ3n) is 2.66. The molecule has 0 aliphatic rings. The zero-order chi connectivity index (χ0) is 13.7. The number of hydrogen-bond donors (Lipinski definition) is 1. The van der Waals surface area contributed by atoms with E-state index in [1.807, 2.05) is 24.3 Å². The zero-order valence-corrected chi connectivity index (χ0v) is 11.6. The molecule has 4 nitrogen and oxygen atoms in total. The lowest BCUT2D eigenvalue weighted by Gasteiger charge is -2.10. The maximum Gasteiger partial charge on any atom is 0.212 e. The smallest absolute Gasteiger partial charge is 0.212 e. The van der Waals surface area contributed by atoms with Gasteiger partial charge in [0.15, 0.2) is 0 Å². The van der Waals surface area contributed by atoms with Crippen LogP contribution in [-0.2, 0) is 6.54 Å². The lowest BCUT2D eigenvalue weighted by molar-refractivity contribution is 0.397. The minimum atomic E-state index is 0.600. The third kappa shape index (κ3) is 3.51.